The Morgan fingerprint density at radius 2 is 1.70 bits per heavy atom. The van der Waals surface area contributed by atoms with Gasteiger partial charge in [-0.25, -0.2) is 9.97 Å². The summed E-state index contributed by atoms with van der Waals surface area (Å²) in [5.74, 6) is 1.73. The van der Waals surface area contributed by atoms with Crippen LogP contribution in [0, 0.1) is 13.8 Å². The Balaban J connectivity index is 1.52. The lowest BCUT2D eigenvalue weighted by Crippen LogP contribution is -2.45. The molecule has 1 aromatic carbocycles. The maximum Gasteiger partial charge on any atom is 0.255 e. The van der Waals surface area contributed by atoms with Gasteiger partial charge < -0.3 is 24.6 Å². The maximum atomic E-state index is 12.7. The Hall–Kier alpha value is -2.87. The number of fused-ring (bicyclic) bond motifs is 1. The fourth-order valence-electron chi connectivity index (χ4n) is 3.25. The number of rotatable bonds is 3. The van der Waals surface area contributed by atoms with E-state index in [0.717, 1.165) is 43.5 Å². The number of carbonyl (C=O) groups excluding carboxylic acids is 1. The molecule has 2 aliphatic rings. The van der Waals surface area contributed by atoms with Gasteiger partial charge in [-0.05, 0) is 39.1 Å². The molecule has 8 nitrogen and oxygen atoms in total. The summed E-state index contributed by atoms with van der Waals surface area (Å²) >= 11 is 0. The first-order valence-corrected chi connectivity index (χ1v) is 9.01. The van der Waals surface area contributed by atoms with Crippen molar-refractivity contribution in [1.29, 1.82) is 0 Å². The third-order valence-electron chi connectivity index (χ3n) is 4.92. The van der Waals surface area contributed by atoms with Gasteiger partial charge in [0.2, 0.25) is 12.7 Å². The summed E-state index contributed by atoms with van der Waals surface area (Å²) in [5.41, 5.74) is 2.66. The molecular weight excluding hydrogens is 346 g/mol. The Bertz CT molecular complexity index is 855. The standard InChI is InChI=1S/C19H23N5O3/c1-12-17(13(2)21-19(20-12)24-8-6-23(3)7-9-24)22-18(25)14-4-5-15-16(10-14)27-11-26-15/h4-5,10H,6-9,11H2,1-3H3,(H,22,25). The fourth-order valence-corrected chi connectivity index (χ4v) is 3.25. The number of likely N-dealkylation sites (N-methyl/N-ethyl adjacent to an activating group) is 1. The lowest BCUT2D eigenvalue weighted by molar-refractivity contribution is 0.102. The van der Waals surface area contributed by atoms with Gasteiger partial charge >= 0.3 is 0 Å². The smallest absolute Gasteiger partial charge is 0.255 e. The average molecular weight is 369 g/mol. The molecule has 3 heterocycles. The monoisotopic (exact) mass is 369 g/mol. The van der Waals surface area contributed by atoms with Crippen molar-refractivity contribution >= 4 is 17.5 Å². The Morgan fingerprint density at radius 3 is 2.41 bits per heavy atom. The fraction of sp³-hybridized carbons (Fsp3) is 0.421. The van der Waals surface area contributed by atoms with Crippen molar-refractivity contribution < 1.29 is 14.3 Å². The molecule has 0 atom stereocenters. The molecule has 0 spiro atoms. The van der Waals surface area contributed by atoms with Gasteiger partial charge in [0.25, 0.3) is 5.91 Å². The van der Waals surface area contributed by atoms with Gasteiger partial charge in [0.1, 0.15) is 0 Å². The molecule has 0 aliphatic carbocycles. The van der Waals surface area contributed by atoms with Crippen LogP contribution in [-0.2, 0) is 0 Å². The first-order chi connectivity index (χ1) is 13.0. The highest BCUT2D eigenvalue weighted by atomic mass is 16.7. The van der Waals surface area contributed by atoms with Crippen molar-refractivity contribution in [2.45, 2.75) is 13.8 Å². The van der Waals surface area contributed by atoms with Crippen molar-refractivity contribution in [3.05, 3.63) is 35.2 Å². The summed E-state index contributed by atoms with van der Waals surface area (Å²) in [7, 11) is 2.11. The molecule has 8 heteroatoms. The molecular formula is C19H23N5O3. The van der Waals surface area contributed by atoms with Crippen molar-refractivity contribution in [3.8, 4) is 11.5 Å². The van der Waals surface area contributed by atoms with E-state index < -0.39 is 0 Å². The van der Waals surface area contributed by atoms with Gasteiger partial charge in [-0.3, -0.25) is 4.79 Å². The highest BCUT2D eigenvalue weighted by Gasteiger charge is 2.21. The van der Waals surface area contributed by atoms with E-state index in [2.05, 4.69) is 32.1 Å². The second kappa shape index (κ2) is 7.03. The van der Waals surface area contributed by atoms with Crippen LogP contribution in [0.4, 0.5) is 11.6 Å². The first kappa shape index (κ1) is 17.5. The van der Waals surface area contributed by atoms with Crippen LogP contribution in [0.3, 0.4) is 0 Å². The number of hydrogen-bond acceptors (Lipinski definition) is 7. The normalized spacial score (nSPS) is 16.5. The van der Waals surface area contributed by atoms with Crippen LogP contribution in [0.5, 0.6) is 11.5 Å². The van der Waals surface area contributed by atoms with E-state index in [1.54, 1.807) is 18.2 Å². The summed E-state index contributed by atoms with van der Waals surface area (Å²) in [6, 6.07) is 5.14. The number of anilines is 2. The Morgan fingerprint density at radius 1 is 1.04 bits per heavy atom. The minimum absolute atomic E-state index is 0.181. The van der Waals surface area contributed by atoms with E-state index in [1.165, 1.54) is 0 Å². The van der Waals surface area contributed by atoms with Crippen molar-refractivity contribution in [1.82, 2.24) is 14.9 Å². The molecule has 0 saturated carbocycles. The first-order valence-electron chi connectivity index (χ1n) is 9.01. The summed E-state index contributed by atoms with van der Waals surface area (Å²) in [6.07, 6.45) is 0. The lowest BCUT2D eigenvalue weighted by atomic mass is 10.1. The number of carbonyl (C=O) groups is 1. The molecule has 1 N–H and O–H groups in total. The lowest BCUT2D eigenvalue weighted by Gasteiger charge is -2.32. The second-order valence-electron chi connectivity index (χ2n) is 6.88. The number of nitrogens with zero attached hydrogens (tertiary/aromatic N) is 4. The van der Waals surface area contributed by atoms with Gasteiger partial charge in [0.15, 0.2) is 11.5 Å². The SMILES string of the molecule is Cc1nc(N2CCN(C)CC2)nc(C)c1NC(=O)c1ccc2c(c1)OCO2. The van der Waals surface area contributed by atoms with E-state index in [9.17, 15) is 4.79 Å². The summed E-state index contributed by atoms with van der Waals surface area (Å²) in [4.78, 5) is 26.4. The molecule has 2 aromatic rings. The van der Waals surface area contributed by atoms with Crippen LogP contribution < -0.4 is 19.7 Å². The summed E-state index contributed by atoms with van der Waals surface area (Å²) in [6.45, 7) is 7.75. The number of ether oxygens (including phenoxy) is 2. The molecule has 0 radical (unpaired) electrons. The van der Waals surface area contributed by atoms with E-state index >= 15 is 0 Å². The number of piperazine rings is 1. The van der Waals surface area contributed by atoms with Crippen LogP contribution in [0.2, 0.25) is 0 Å². The second-order valence-corrected chi connectivity index (χ2v) is 6.88. The van der Waals surface area contributed by atoms with Gasteiger partial charge in [0, 0.05) is 31.7 Å². The van der Waals surface area contributed by atoms with Crippen LogP contribution in [-0.4, -0.2) is 60.8 Å². The van der Waals surface area contributed by atoms with Gasteiger partial charge in [-0.2, -0.15) is 0 Å². The number of benzene rings is 1. The van der Waals surface area contributed by atoms with Gasteiger partial charge in [0.05, 0.1) is 17.1 Å². The van der Waals surface area contributed by atoms with E-state index in [0.29, 0.717) is 22.7 Å². The van der Waals surface area contributed by atoms with Crippen LogP contribution in [0.1, 0.15) is 21.7 Å². The molecule has 0 unspecified atom stereocenters. The minimum atomic E-state index is -0.226. The molecule has 1 amide bonds. The topological polar surface area (TPSA) is 79.8 Å². The number of hydrogen-bond donors (Lipinski definition) is 1. The quantitative estimate of drug-likeness (QED) is 0.884. The molecule has 1 aromatic heterocycles. The predicted octanol–water partition coefficient (Wildman–Crippen LogP) is 1.83. The molecule has 1 fully saturated rings. The van der Waals surface area contributed by atoms with E-state index in [-0.39, 0.29) is 12.7 Å². The molecule has 2 aliphatic heterocycles. The average Bonchev–Trinajstić information content (AvgIpc) is 3.12. The Labute approximate surface area is 158 Å². The largest absolute Gasteiger partial charge is 0.454 e. The molecule has 0 bridgehead atoms. The number of aromatic nitrogens is 2. The zero-order valence-electron chi connectivity index (χ0n) is 15.8. The van der Waals surface area contributed by atoms with E-state index in [1.807, 2.05) is 13.8 Å². The highest BCUT2D eigenvalue weighted by molar-refractivity contribution is 6.05. The van der Waals surface area contributed by atoms with Crippen molar-refractivity contribution in [2.75, 3.05) is 50.2 Å². The Kier molecular flexibility index (Phi) is 4.57. The molecule has 4 rings (SSSR count). The van der Waals surface area contributed by atoms with Crippen molar-refractivity contribution in [2.24, 2.45) is 0 Å². The maximum absolute atomic E-state index is 12.7. The van der Waals surface area contributed by atoms with Crippen LogP contribution in [0.25, 0.3) is 0 Å². The minimum Gasteiger partial charge on any atom is -0.454 e. The van der Waals surface area contributed by atoms with Gasteiger partial charge in [-0.1, -0.05) is 0 Å². The van der Waals surface area contributed by atoms with Crippen LogP contribution in [0.15, 0.2) is 18.2 Å². The zero-order valence-corrected chi connectivity index (χ0v) is 15.8. The van der Waals surface area contributed by atoms with Gasteiger partial charge in [-0.15, -0.1) is 0 Å². The third kappa shape index (κ3) is 3.52. The summed E-state index contributed by atoms with van der Waals surface area (Å²) in [5, 5.41) is 2.94. The molecule has 1 saturated heterocycles. The van der Waals surface area contributed by atoms with Crippen LogP contribution >= 0.6 is 0 Å². The summed E-state index contributed by atoms with van der Waals surface area (Å²) < 4.78 is 10.6. The van der Waals surface area contributed by atoms with E-state index in [4.69, 9.17) is 9.47 Å². The zero-order chi connectivity index (χ0) is 19.0. The number of aryl methyl sites for hydroxylation is 2. The number of amides is 1. The molecule has 142 valence electrons. The predicted molar refractivity (Wildman–Crippen MR) is 102 cm³/mol. The highest BCUT2D eigenvalue weighted by Crippen LogP contribution is 2.33. The molecule has 27 heavy (non-hydrogen) atoms. The number of nitrogens with one attached hydrogen (secondary N) is 1. The third-order valence-corrected chi connectivity index (χ3v) is 4.92. The van der Waals surface area contributed by atoms with Crippen molar-refractivity contribution in [3.63, 3.8) is 0 Å².